The third kappa shape index (κ3) is 4.45. The zero-order chi connectivity index (χ0) is 14.6. The Labute approximate surface area is 113 Å². The first-order valence-corrected chi connectivity index (χ1v) is 6.55. The van der Waals surface area contributed by atoms with Crippen LogP contribution >= 0.6 is 11.8 Å². The van der Waals surface area contributed by atoms with Crippen LogP contribution in [0.15, 0.2) is 12.1 Å². The van der Waals surface area contributed by atoms with Crippen molar-refractivity contribution in [2.24, 2.45) is 0 Å². The lowest BCUT2D eigenvalue weighted by Gasteiger charge is -2.20. The van der Waals surface area contributed by atoms with Crippen molar-refractivity contribution in [3.8, 4) is 0 Å². The molecule has 0 spiro atoms. The Hall–Kier alpha value is -1.18. The summed E-state index contributed by atoms with van der Waals surface area (Å²) in [5, 5.41) is 19.4. The molecular weight excluding hydrogens is 276 g/mol. The summed E-state index contributed by atoms with van der Waals surface area (Å²) in [6, 6.07) is 1.46. The van der Waals surface area contributed by atoms with Gasteiger partial charge in [-0.25, -0.2) is 8.78 Å². The van der Waals surface area contributed by atoms with Gasteiger partial charge in [0.2, 0.25) is 0 Å². The van der Waals surface area contributed by atoms with Crippen LogP contribution in [0, 0.1) is 11.6 Å². The minimum atomic E-state index is -1.56. The number of carbonyl (C=O) groups excluding carboxylic acids is 1. The van der Waals surface area contributed by atoms with Gasteiger partial charge in [-0.2, -0.15) is 0 Å². The predicted molar refractivity (Wildman–Crippen MR) is 69.5 cm³/mol. The average Bonchev–Trinajstić information content (AvgIpc) is 2.26. The number of hydrogen-bond acceptors (Lipinski definition) is 5. The van der Waals surface area contributed by atoms with Gasteiger partial charge in [-0.05, 0) is 12.5 Å². The second kappa shape index (κ2) is 6.83. The molecule has 0 aliphatic heterocycles. The van der Waals surface area contributed by atoms with E-state index in [2.05, 4.69) is 0 Å². The topological polar surface area (TPSA) is 83.5 Å². The number of hydrogen-bond donors (Lipinski definition) is 3. The molecule has 4 nitrogen and oxygen atoms in total. The molecule has 0 bridgehead atoms. The van der Waals surface area contributed by atoms with E-state index in [1.807, 2.05) is 0 Å². The van der Waals surface area contributed by atoms with Crippen molar-refractivity contribution >= 4 is 22.6 Å². The van der Waals surface area contributed by atoms with E-state index in [0.29, 0.717) is 6.07 Å². The Morgan fingerprint density at radius 1 is 1.42 bits per heavy atom. The van der Waals surface area contributed by atoms with Crippen molar-refractivity contribution in [1.82, 2.24) is 0 Å². The molecule has 106 valence electrons. The van der Waals surface area contributed by atoms with E-state index >= 15 is 0 Å². The standard InChI is InChI=1S/C12H15F2NO3S/c1-6(16)19-3-2-10(17)12(18)11-8(14)4-7(13)5-9(11)15/h4-5,10,12,17-18H,2-3,15H2,1H3. The molecule has 1 rings (SSSR count). The number of anilines is 1. The summed E-state index contributed by atoms with van der Waals surface area (Å²) in [5.74, 6) is -1.58. The highest BCUT2D eigenvalue weighted by molar-refractivity contribution is 8.13. The molecule has 0 heterocycles. The molecule has 7 heteroatoms. The zero-order valence-electron chi connectivity index (χ0n) is 10.3. The van der Waals surface area contributed by atoms with Gasteiger partial charge in [-0.1, -0.05) is 11.8 Å². The molecule has 0 aliphatic carbocycles. The van der Waals surface area contributed by atoms with Gasteiger partial charge in [-0.3, -0.25) is 4.79 Å². The number of aliphatic hydroxyl groups is 2. The smallest absolute Gasteiger partial charge is 0.185 e. The normalized spacial score (nSPS) is 14.2. The summed E-state index contributed by atoms with van der Waals surface area (Å²) < 4.78 is 26.4. The van der Waals surface area contributed by atoms with Gasteiger partial charge < -0.3 is 15.9 Å². The first-order valence-electron chi connectivity index (χ1n) is 5.56. The molecule has 4 N–H and O–H groups in total. The van der Waals surface area contributed by atoms with Crippen LogP contribution in [0.3, 0.4) is 0 Å². The van der Waals surface area contributed by atoms with Crippen molar-refractivity contribution in [2.75, 3.05) is 11.5 Å². The molecule has 2 atom stereocenters. The summed E-state index contributed by atoms with van der Waals surface area (Å²) in [6.07, 6.45) is -2.76. The molecule has 0 radical (unpaired) electrons. The molecule has 1 aromatic carbocycles. The Balaban J connectivity index is 2.76. The maximum Gasteiger partial charge on any atom is 0.185 e. The van der Waals surface area contributed by atoms with E-state index in [4.69, 9.17) is 5.73 Å². The maximum atomic E-state index is 13.5. The molecule has 0 aromatic heterocycles. The van der Waals surface area contributed by atoms with Crippen molar-refractivity contribution in [2.45, 2.75) is 25.6 Å². The van der Waals surface area contributed by atoms with E-state index in [9.17, 15) is 23.8 Å². The number of benzene rings is 1. The van der Waals surface area contributed by atoms with Gasteiger partial charge in [0.15, 0.2) is 5.12 Å². The Morgan fingerprint density at radius 2 is 2.05 bits per heavy atom. The third-order valence-electron chi connectivity index (χ3n) is 2.51. The van der Waals surface area contributed by atoms with E-state index in [1.165, 1.54) is 6.92 Å². The zero-order valence-corrected chi connectivity index (χ0v) is 11.1. The first kappa shape index (κ1) is 15.9. The van der Waals surface area contributed by atoms with Gasteiger partial charge in [0.05, 0.1) is 6.10 Å². The average molecular weight is 291 g/mol. The van der Waals surface area contributed by atoms with Crippen LogP contribution in [0.2, 0.25) is 0 Å². The van der Waals surface area contributed by atoms with Crippen LogP contribution in [-0.2, 0) is 4.79 Å². The molecule has 0 fully saturated rings. The molecule has 19 heavy (non-hydrogen) atoms. The Morgan fingerprint density at radius 3 is 2.58 bits per heavy atom. The van der Waals surface area contributed by atoms with Crippen LogP contribution in [0.4, 0.5) is 14.5 Å². The molecular formula is C12H15F2NO3S. The van der Waals surface area contributed by atoms with Crippen molar-refractivity contribution in [3.05, 3.63) is 29.3 Å². The summed E-state index contributed by atoms with van der Waals surface area (Å²) in [7, 11) is 0. The third-order valence-corrected chi connectivity index (χ3v) is 3.35. The lowest BCUT2D eigenvalue weighted by molar-refractivity contribution is -0.109. The fourth-order valence-corrected chi connectivity index (χ4v) is 2.24. The summed E-state index contributed by atoms with van der Waals surface area (Å²) in [5.41, 5.74) is 4.83. The Bertz CT molecular complexity index is 447. The number of carbonyl (C=O) groups is 1. The quantitative estimate of drug-likeness (QED) is 0.718. The van der Waals surface area contributed by atoms with Gasteiger partial charge >= 0.3 is 0 Å². The highest BCUT2D eigenvalue weighted by Gasteiger charge is 2.24. The lowest BCUT2D eigenvalue weighted by atomic mass is 10.0. The van der Waals surface area contributed by atoms with Gasteiger partial charge in [-0.15, -0.1) is 0 Å². The van der Waals surface area contributed by atoms with Crippen molar-refractivity contribution in [1.29, 1.82) is 0 Å². The fraction of sp³-hybridized carbons (Fsp3) is 0.417. The van der Waals surface area contributed by atoms with E-state index in [-0.39, 0.29) is 28.5 Å². The molecule has 0 saturated carbocycles. The Kier molecular flexibility index (Phi) is 5.71. The molecule has 2 unspecified atom stereocenters. The van der Waals surface area contributed by atoms with E-state index in [0.717, 1.165) is 17.8 Å². The number of nitrogens with two attached hydrogens (primary N) is 1. The number of aliphatic hydroxyl groups excluding tert-OH is 2. The number of thioether (sulfide) groups is 1. The molecule has 1 aromatic rings. The monoisotopic (exact) mass is 291 g/mol. The minimum Gasteiger partial charge on any atom is -0.398 e. The summed E-state index contributed by atoms with van der Waals surface area (Å²) in [6.45, 7) is 1.38. The van der Waals surface area contributed by atoms with E-state index < -0.39 is 23.8 Å². The summed E-state index contributed by atoms with van der Waals surface area (Å²) in [4.78, 5) is 10.7. The number of rotatable bonds is 5. The second-order valence-electron chi connectivity index (χ2n) is 4.03. The lowest BCUT2D eigenvalue weighted by Crippen LogP contribution is -2.21. The van der Waals surface area contributed by atoms with Gasteiger partial charge in [0, 0.05) is 30.0 Å². The molecule has 0 saturated heterocycles. The number of nitrogen functional groups attached to an aromatic ring is 1. The largest absolute Gasteiger partial charge is 0.398 e. The SMILES string of the molecule is CC(=O)SCCC(O)C(O)c1c(N)cc(F)cc1F. The second-order valence-corrected chi connectivity index (χ2v) is 5.30. The number of halogens is 2. The summed E-state index contributed by atoms with van der Waals surface area (Å²) >= 11 is 0.988. The fourth-order valence-electron chi connectivity index (χ4n) is 1.59. The minimum absolute atomic E-state index is 0.0850. The van der Waals surface area contributed by atoms with Crippen LogP contribution in [-0.4, -0.2) is 27.2 Å². The first-order chi connectivity index (χ1) is 8.82. The maximum absolute atomic E-state index is 13.5. The highest BCUT2D eigenvalue weighted by Crippen LogP contribution is 2.28. The highest BCUT2D eigenvalue weighted by atomic mass is 32.2. The van der Waals surface area contributed by atoms with Crippen LogP contribution < -0.4 is 5.73 Å². The van der Waals surface area contributed by atoms with Crippen molar-refractivity contribution in [3.63, 3.8) is 0 Å². The van der Waals surface area contributed by atoms with Gasteiger partial charge in [0.1, 0.15) is 17.7 Å². The van der Waals surface area contributed by atoms with Crippen LogP contribution in [0.1, 0.15) is 25.0 Å². The molecule has 0 aliphatic rings. The van der Waals surface area contributed by atoms with Crippen LogP contribution in [0.25, 0.3) is 0 Å². The van der Waals surface area contributed by atoms with Crippen LogP contribution in [0.5, 0.6) is 0 Å². The van der Waals surface area contributed by atoms with Gasteiger partial charge in [0.25, 0.3) is 0 Å². The predicted octanol–water partition coefficient (Wildman–Crippen LogP) is 1.61. The van der Waals surface area contributed by atoms with E-state index in [1.54, 1.807) is 0 Å². The van der Waals surface area contributed by atoms with Crippen molar-refractivity contribution < 1.29 is 23.8 Å². The molecule has 0 amide bonds.